The summed E-state index contributed by atoms with van der Waals surface area (Å²) in [4.78, 5) is 0. The molecule has 35 atom stereocenters. The van der Waals surface area contributed by atoms with Gasteiger partial charge in [-0.2, -0.15) is 0 Å². The highest BCUT2D eigenvalue weighted by molar-refractivity contribution is 5.02. The van der Waals surface area contributed by atoms with Crippen LogP contribution in [0.15, 0.2) is 0 Å². The standard InChI is InChI=1S/C50H88N2O37/c51-1-3-73-5-7-75-8-6-74-4-2-52-9-16-37-23(59)30(66)44(76-16)84-38-17(10-53)78-46(32(68)25(38)61)86-40-19(12-55)80-48(34(70)27(40)63)88-42-21(14-57)82-50(36(72)29(42)65)89-43-22(15-58)81-49(35(71)28(43)64)87-41-20(13-56)79-47(33(69)26(41)62)85-39-18(11-54)77-45(83-37)31(67)24(39)60/h16-50,52-72H,1-15,51H2. The first-order chi connectivity index (χ1) is 42.7. The van der Waals surface area contributed by atoms with E-state index in [4.69, 9.17) is 86.3 Å². The lowest BCUT2D eigenvalue weighted by molar-refractivity contribution is -0.396. The third-order valence-electron chi connectivity index (χ3n) is 16.4. The van der Waals surface area contributed by atoms with E-state index in [-0.39, 0.29) is 39.5 Å². The summed E-state index contributed by atoms with van der Waals surface area (Å²) < 4.78 is 97.7. The van der Waals surface area contributed by atoms with Crippen molar-refractivity contribution in [3.05, 3.63) is 0 Å². The van der Waals surface area contributed by atoms with E-state index in [0.717, 1.165) is 0 Å². The van der Waals surface area contributed by atoms with Crippen LogP contribution in [0.2, 0.25) is 0 Å². The highest BCUT2D eigenvalue weighted by Gasteiger charge is 2.59. The molecule has 0 spiro atoms. The molecule has 21 heterocycles. The fourth-order valence-electron chi connectivity index (χ4n) is 11.4. The van der Waals surface area contributed by atoms with E-state index in [1.54, 1.807) is 0 Å². The molecule has 0 saturated carbocycles. The number of nitrogens with one attached hydrogen (secondary N) is 1. The molecular formula is C50H88N2O37. The Labute approximate surface area is 506 Å². The van der Waals surface area contributed by atoms with Crippen LogP contribution in [0.1, 0.15) is 0 Å². The van der Waals surface area contributed by atoms with Gasteiger partial charge >= 0.3 is 0 Å². The van der Waals surface area contributed by atoms with E-state index in [2.05, 4.69) is 5.32 Å². The molecule has 35 unspecified atom stereocenters. The second-order valence-corrected chi connectivity index (χ2v) is 22.3. The molecule has 0 amide bonds. The zero-order chi connectivity index (χ0) is 64.5. The van der Waals surface area contributed by atoms with Crippen LogP contribution >= 0.6 is 0 Å². The SMILES string of the molecule is NCCOCCOCCOCCNCC1OC2OC3C(CO)OC(OC4C(CO)OC(OC5C(CO)OC(OC6C(CO)OC(OC7C(CO)OC(OC8C(CO)OC(OC1C(O)C2O)C(O)C8O)C(O)C7O)C(O)C6O)C(O)C5O)C(O)C4O)C(O)C3O. The van der Waals surface area contributed by atoms with Gasteiger partial charge in [-0.25, -0.2) is 0 Å². The maximum atomic E-state index is 11.8. The van der Waals surface area contributed by atoms with Crippen LogP contribution in [0.3, 0.4) is 0 Å². The van der Waals surface area contributed by atoms with E-state index in [9.17, 15) is 102 Å². The van der Waals surface area contributed by atoms with Gasteiger partial charge in [0.05, 0.1) is 79.3 Å². The van der Waals surface area contributed by atoms with Gasteiger partial charge in [0.25, 0.3) is 0 Å². The minimum absolute atomic E-state index is 0.0664. The number of aliphatic hydroxyl groups is 20. The van der Waals surface area contributed by atoms with Gasteiger partial charge in [0.2, 0.25) is 0 Å². The summed E-state index contributed by atoms with van der Waals surface area (Å²) in [5.41, 5.74) is 5.41. The van der Waals surface area contributed by atoms with Crippen molar-refractivity contribution in [3.8, 4) is 0 Å². The fourth-order valence-corrected chi connectivity index (χ4v) is 11.4. The molecule has 520 valence electrons. The number of ether oxygens (including phenoxy) is 17. The second kappa shape index (κ2) is 33.9. The van der Waals surface area contributed by atoms with Crippen molar-refractivity contribution >= 4 is 0 Å². The molecule has 0 aromatic carbocycles. The summed E-state index contributed by atoms with van der Waals surface area (Å²) in [5.74, 6) is 0. The van der Waals surface area contributed by atoms with E-state index < -0.39 is 255 Å². The molecule has 14 bridgehead atoms. The average Bonchev–Trinajstić information content (AvgIpc) is 1.37. The highest BCUT2D eigenvalue weighted by atomic mass is 16.8. The monoisotopic (exact) mass is 1310 g/mol. The summed E-state index contributed by atoms with van der Waals surface area (Å²) in [5, 5.41) is 227. The van der Waals surface area contributed by atoms with Gasteiger partial charge in [-0.3, -0.25) is 0 Å². The molecule has 89 heavy (non-hydrogen) atoms. The van der Waals surface area contributed by atoms with E-state index in [1.807, 2.05) is 0 Å². The number of hydrogen-bond acceptors (Lipinski definition) is 39. The molecular weight excluding hydrogens is 1220 g/mol. The normalized spacial score (nSPS) is 49.5. The van der Waals surface area contributed by atoms with Crippen LogP contribution in [0, 0.1) is 0 Å². The maximum absolute atomic E-state index is 11.8. The van der Waals surface area contributed by atoms with Crippen molar-refractivity contribution in [1.29, 1.82) is 0 Å². The third kappa shape index (κ3) is 16.6. The lowest BCUT2D eigenvalue weighted by Gasteiger charge is -2.50. The molecule has 21 aliphatic heterocycles. The summed E-state index contributed by atoms with van der Waals surface area (Å²) in [6.07, 6.45) is -69.8. The highest BCUT2D eigenvalue weighted by Crippen LogP contribution is 2.39. The van der Waals surface area contributed by atoms with Gasteiger partial charge in [0.1, 0.15) is 171 Å². The van der Waals surface area contributed by atoms with Crippen LogP contribution in [-0.4, -0.2) is 416 Å². The molecule has 21 rings (SSSR count). The Morgan fingerprint density at radius 1 is 0.247 bits per heavy atom. The second-order valence-electron chi connectivity index (χ2n) is 22.3. The molecule has 0 aromatic heterocycles. The quantitative estimate of drug-likeness (QED) is 0.0534. The predicted octanol–water partition coefficient (Wildman–Crippen LogP) is -15.6. The molecule has 21 fully saturated rings. The molecule has 23 N–H and O–H groups in total. The van der Waals surface area contributed by atoms with Gasteiger partial charge in [-0.1, -0.05) is 0 Å². The zero-order valence-corrected chi connectivity index (χ0v) is 47.8. The van der Waals surface area contributed by atoms with E-state index in [0.29, 0.717) is 19.8 Å². The lowest BCUT2D eigenvalue weighted by atomic mass is 9.95. The third-order valence-corrected chi connectivity index (χ3v) is 16.4. The van der Waals surface area contributed by atoms with Crippen LogP contribution in [-0.2, 0) is 80.5 Å². The van der Waals surface area contributed by atoms with Crippen LogP contribution in [0.25, 0.3) is 0 Å². The largest absolute Gasteiger partial charge is 0.394 e. The van der Waals surface area contributed by atoms with Crippen molar-refractivity contribution < 1.29 is 183 Å². The Morgan fingerprint density at radius 3 is 0.652 bits per heavy atom. The van der Waals surface area contributed by atoms with Gasteiger partial charge in [-0.05, 0) is 0 Å². The van der Waals surface area contributed by atoms with Crippen molar-refractivity contribution in [3.63, 3.8) is 0 Å². The lowest BCUT2D eigenvalue weighted by Crippen LogP contribution is -2.68. The van der Waals surface area contributed by atoms with Gasteiger partial charge in [-0.15, -0.1) is 0 Å². The molecule has 0 aliphatic carbocycles. The van der Waals surface area contributed by atoms with Crippen molar-refractivity contribution in [2.75, 3.05) is 98.9 Å². The Hall–Kier alpha value is -1.56. The van der Waals surface area contributed by atoms with Crippen LogP contribution in [0.4, 0.5) is 0 Å². The first-order valence-electron chi connectivity index (χ1n) is 29.2. The minimum atomic E-state index is -2.21. The van der Waals surface area contributed by atoms with Crippen LogP contribution < -0.4 is 11.1 Å². The Bertz CT molecular complexity index is 2040. The van der Waals surface area contributed by atoms with Crippen molar-refractivity contribution in [2.45, 2.75) is 215 Å². The minimum Gasteiger partial charge on any atom is -0.394 e. The van der Waals surface area contributed by atoms with E-state index >= 15 is 0 Å². The molecule has 39 heteroatoms. The number of rotatable bonds is 19. The van der Waals surface area contributed by atoms with E-state index in [1.165, 1.54) is 0 Å². The number of hydrogen-bond donors (Lipinski definition) is 22. The van der Waals surface area contributed by atoms with Crippen LogP contribution in [0.5, 0.6) is 0 Å². The topological polar surface area (TPSA) is 600 Å². The van der Waals surface area contributed by atoms with Gasteiger partial charge in [0, 0.05) is 19.6 Å². The summed E-state index contributed by atoms with van der Waals surface area (Å²) >= 11 is 0. The first-order valence-corrected chi connectivity index (χ1v) is 29.2. The summed E-state index contributed by atoms with van der Waals surface area (Å²) in [6, 6.07) is 0. The zero-order valence-electron chi connectivity index (χ0n) is 47.8. The molecule has 0 radical (unpaired) electrons. The average molecular weight is 1310 g/mol. The number of aliphatic hydroxyl groups excluding tert-OH is 20. The number of nitrogens with two attached hydrogens (primary N) is 1. The smallest absolute Gasteiger partial charge is 0.187 e. The predicted molar refractivity (Wildman–Crippen MR) is 276 cm³/mol. The van der Waals surface area contributed by atoms with Crippen molar-refractivity contribution in [2.24, 2.45) is 5.73 Å². The van der Waals surface area contributed by atoms with Gasteiger partial charge in [0.15, 0.2) is 44.0 Å². The Morgan fingerprint density at radius 2 is 0.438 bits per heavy atom. The fraction of sp³-hybridized carbons (Fsp3) is 1.00. The molecule has 0 aromatic rings. The Kier molecular flexibility index (Phi) is 27.9. The first kappa shape index (κ1) is 73.3. The molecule has 39 nitrogen and oxygen atoms in total. The molecule has 21 aliphatic rings. The summed E-state index contributed by atoms with van der Waals surface area (Å²) in [7, 11) is 0. The van der Waals surface area contributed by atoms with Gasteiger partial charge < -0.3 is 194 Å². The Balaban J connectivity index is 1.06. The van der Waals surface area contributed by atoms with Crippen molar-refractivity contribution in [1.82, 2.24) is 5.32 Å². The maximum Gasteiger partial charge on any atom is 0.187 e. The summed E-state index contributed by atoms with van der Waals surface area (Å²) in [6.45, 7) is -4.76. The molecule has 21 saturated heterocycles.